The van der Waals surface area contributed by atoms with Crippen molar-refractivity contribution >= 4 is 17.5 Å². The molecule has 27 heavy (non-hydrogen) atoms. The minimum absolute atomic E-state index is 0.0560. The van der Waals surface area contributed by atoms with Gasteiger partial charge in [0.05, 0.1) is 18.8 Å². The zero-order chi connectivity index (χ0) is 20.0. The van der Waals surface area contributed by atoms with Gasteiger partial charge in [0.1, 0.15) is 0 Å². The second-order valence-electron chi connectivity index (χ2n) is 6.15. The standard InChI is InChI=1S/C19H20F3N3O2/c1-12-5-3-4-6-13(12)9-23-16(26)10-25(2)11-17(27)24-15-8-7-14(20)18(21)19(15)22/h3-8H,9-11H2,1-2H3,(H,23,26)(H,24,27). The topological polar surface area (TPSA) is 61.4 Å². The van der Waals surface area contributed by atoms with Crippen LogP contribution in [0.2, 0.25) is 0 Å². The van der Waals surface area contributed by atoms with Gasteiger partial charge in [0.2, 0.25) is 11.8 Å². The number of nitrogens with zero attached hydrogens (tertiary/aromatic N) is 1. The van der Waals surface area contributed by atoms with Gasteiger partial charge < -0.3 is 10.6 Å². The third-order valence-corrected chi connectivity index (χ3v) is 3.87. The first-order valence-electron chi connectivity index (χ1n) is 8.21. The van der Waals surface area contributed by atoms with E-state index < -0.39 is 29.0 Å². The maximum absolute atomic E-state index is 13.6. The number of carbonyl (C=O) groups is 2. The average Bonchev–Trinajstić information content (AvgIpc) is 2.61. The van der Waals surface area contributed by atoms with E-state index in [0.717, 1.165) is 23.3 Å². The SMILES string of the molecule is Cc1ccccc1CNC(=O)CN(C)CC(=O)Nc1ccc(F)c(F)c1F. The first-order chi connectivity index (χ1) is 12.8. The minimum Gasteiger partial charge on any atom is -0.351 e. The van der Waals surface area contributed by atoms with Gasteiger partial charge >= 0.3 is 0 Å². The summed E-state index contributed by atoms with van der Waals surface area (Å²) in [5.74, 6) is -5.41. The van der Waals surface area contributed by atoms with Gasteiger partial charge in [0.25, 0.3) is 0 Å². The number of hydrogen-bond donors (Lipinski definition) is 2. The molecule has 0 aliphatic rings. The largest absolute Gasteiger partial charge is 0.351 e. The zero-order valence-electron chi connectivity index (χ0n) is 15.0. The van der Waals surface area contributed by atoms with E-state index in [9.17, 15) is 22.8 Å². The monoisotopic (exact) mass is 379 g/mol. The Morgan fingerprint density at radius 3 is 2.33 bits per heavy atom. The number of aryl methyl sites for hydroxylation is 1. The Kier molecular flexibility index (Phi) is 6.95. The van der Waals surface area contributed by atoms with Crippen LogP contribution in [0.5, 0.6) is 0 Å². The molecule has 144 valence electrons. The van der Waals surface area contributed by atoms with E-state index in [4.69, 9.17) is 0 Å². The summed E-state index contributed by atoms with van der Waals surface area (Å²) in [5, 5.41) is 4.91. The molecule has 2 aromatic carbocycles. The summed E-state index contributed by atoms with van der Waals surface area (Å²) in [5.41, 5.74) is 1.58. The van der Waals surface area contributed by atoms with E-state index in [1.807, 2.05) is 31.2 Å². The van der Waals surface area contributed by atoms with Crippen LogP contribution in [-0.2, 0) is 16.1 Å². The third-order valence-electron chi connectivity index (χ3n) is 3.87. The van der Waals surface area contributed by atoms with Crippen LogP contribution in [0.15, 0.2) is 36.4 Å². The highest BCUT2D eigenvalue weighted by Crippen LogP contribution is 2.19. The Bertz CT molecular complexity index is 843. The minimum atomic E-state index is -1.66. The molecule has 0 fully saturated rings. The van der Waals surface area contributed by atoms with E-state index in [0.29, 0.717) is 6.54 Å². The molecule has 2 rings (SSSR count). The van der Waals surface area contributed by atoms with Crippen molar-refractivity contribution in [1.29, 1.82) is 0 Å². The Labute approximate surface area is 155 Å². The van der Waals surface area contributed by atoms with Gasteiger partial charge in [-0.15, -0.1) is 0 Å². The highest BCUT2D eigenvalue weighted by atomic mass is 19.2. The number of rotatable bonds is 7. The Balaban J connectivity index is 1.81. The Hall–Kier alpha value is -2.87. The molecule has 0 atom stereocenters. The van der Waals surface area contributed by atoms with Crippen molar-refractivity contribution < 1.29 is 22.8 Å². The van der Waals surface area contributed by atoms with Gasteiger partial charge in [-0.3, -0.25) is 14.5 Å². The van der Waals surface area contributed by atoms with Crippen molar-refractivity contribution in [3.63, 3.8) is 0 Å². The number of anilines is 1. The number of halogens is 3. The molecule has 0 aliphatic heterocycles. The second-order valence-corrected chi connectivity index (χ2v) is 6.15. The third kappa shape index (κ3) is 5.82. The van der Waals surface area contributed by atoms with Gasteiger partial charge in [-0.1, -0.05) is 24.3 Å². The molecule has 0 saturated heterocycles. The summed E-state index contributed by atoms with van der Waals surface area (Å²) >= 11 is 0. The van der Waals surface area contributed by atoms with Crippen LogP contribution in [-0.4, -0.2) is 36.9 Å². The number of nitrogens with one attached hydrogen (secondary N) is 2. The first kappa shape index (κ1) is 20.4. The number of hydrogen-bond acceptors (Lipinski definition) is 3. The predicted molar refractivity (Wildman–Crippen MR) is 95.5 cm³/mol. The first-order valence-corrected chi connectivity index (χ1v) is 8.21. The van der Waals surface area contributed by atoms with Gasteiger partial charge in [0.15, 0.2) is 17.5 Å². The Morgan fingerprint density at radius 1 is 0.963 bits per heavy atom. The van der Waals surface area contributed by atoms with Crippen LogP contribution >= 0.6 is 0 Å². The van der Waals surface area contributed by atoms with Crippen LogP contribution in [0.1, 0.15) is 11.1 Å². The van der Waals surface area contributed by atoms with Crippen molar-refractivity contribution in [2.45, 2.75) is 13.5 Å². The van der Waals surface area contributed by atoms with Crippen molar-refractivity contribution in [2.75, 3.05) is 25.5 Å². The lowest BCUT2D eigenvalue weighted by atomic mass is 10.1. The van der Waals surface area contributed by atoms with E-state index in [1.54, 1.807) is 0 Å². The number of likely N-dealkylation sites (N-methyl/N-ethyl adjacent to an activating group) is 1. The van der Waals surface area contributed by atoms with Crippen molar-refractivity contribution in [3.05, 3.63) is 65.0 Å². The van der Waals surface area contributed by atoms with E-state index in [1.165, 1.54) is 11.9 Å². The predicted octanol–water partition coefficient (Wildman–Crippen LogP) is 2.60. The number of amides is 2. The smallest absolute Gasteiger partial charge is 0.238 e. The maximum Gasteiger partial charge on any atom is 0.238 e. The molecule has 2 amide bonds. The molecule has 8 heteroatoms. The van der Waals surface area contributed by atoms with Crippen LogP contribution < -0.4 is 10.6 Å². The lowest BCUT2D eigenvalue weighted by Crippen LogP contribution is -2.38. The summed E-state index contributed by atoms with van der Waals surface area (Å²) < 4.78 is 39.6. The molecule has 2 N–H and O–H groups in total. The lowest BCUT2D eigenvalue weighted by molar-refractivity contribution is -0.123. The molecule has 0 saturated carbocycles. The van der Waals surface area contributed by atoms with Crippen LogP contribution in [0, 0.1) is 24.4 Å². The number of benzene rings is 2. The highest BCUT2D eigenvalue weighted by molar-refractivity contribution is 5.92. The van der Waals surface area contributed by atoms with Crippen molar-refractivity contribution in [2.24, 2.45) is 0 Å². The molecular formula is C19H20F3N3O2. The molecule has 0 aliphatic carbocycles. The zero-order valence-corrected chi connectivity index (χ0v) is 15.0. The van der Waals surface area contributed by atoms with Gasteiger partial charge in [-0.2, -0.15) is 0 Å². The molecule has 0 radical (unpaired) electrons. The van der Waals surface area contributed by atoms with Gasteiger partial charge in [0, 0.05) is 6.54 Å². The lowest BCUT2D eigenvalue weighted by Gasteiger charge is -2.16. The normalized spacial score (nSPS) is 10.7. The highest BCUT2D eigenvalue weighted by Gasteiger charge is 2.16. The van der Waals surface area contributed by atoms with Crippen molar-refractivity contribution in [1.82, 2.24) is 10.2 Å². The fourth-order valence-electron chi connectivity index (χ4n) is 2.42. The summed E-state index contributed by atoms with van der Waals surface area (Å²) in [7, 11) is 1.54. The molecule has 0 bridgehead atoms. The quantitative estimate of drug-likeness (QED) is 0.727. The van der Waals surface area contributed by atoms with E-state index in [2.05, 4.69) is 10.6 Å². The summed E-state index contributed by atoms with van der Waals surface area (Å²) in [6, 6.07) is 9.28. The molecule has 0 unspecified atom stereocenters. The molecular weight excluding hydrogens is 359 g/mol. The number of carbonyl (C=O) groups excluding carboxylic acids is 2. The van der Waals surface area contributed by atoms with Gasteiger partial charge in [-0.05, 0) is 37.2 Å². The molecule has 0 spiro atoms. The fraction of sp³-hybridized carbons (Fsp3) is 0.263. The summed E-state index contributed by atoms with van der Waals surface area (Å²) in [6.45, 7) is 2.02. The molecule has 0 heterocycles. The fourth-order valence-corrected chi connectivity index (χ4v) is 2.42. The van der Waals surface area contributed by atoms with Crippen LogP contribution in [0.25, 0.3) is 0 Å². The average molecular weight is 379 g/mol. The summed E-state index contributed by atoms with van der Waals surface area (Å²) in [6.07, 6.45) is 0. The van der Waals surface area contributed by atoms with E-state index in [-0.39, 0.29) is 19.0 Å². The van der Waals surface area contributed by atoms with Crippen molar-refractivity contribution in [3.8, 4) is 0 Å². The van der Waals surface area contributed by atoms with E-state index >= 15 is 0 Å². The summed E-state index contributed by atoms with van der Waals surface area (Å²) in [4.78, 5) is 25.3. The Morgan fingerprint density at radius 2 is 1.63 bits per heavy atom. The second kappa shape index (κ2) is 9.18. The van der Waals surface area contributed by atoms with Crippen LogP contribution in [0.4, 0.5) is 18.9 Å². The molecule has 2 aromatic rings. The molecule has 0 aromatic heterocycles. The van der Waals surface area contributed by atoms with Gasteiger partial charge in [-0.25, -0.2) is 13.2 Å². The molecule has 5 nitrogen and oxygen atoms in total. The van der Waals surface area contributed by atoms with Crippen LogP contribution in [0.3, 0.4) is 0 Å². The maximum atomic E-state index is 13.6.